The molecule has 2 aliphatic rings. The van der Waals surface area contributed by atoms with Gasteiger partial charge >= 0.3 is 5.97 Å². The quantitative estimate of drug-likeness (QED) is 0.559. The van der Waals surface area contributed by atoms with E-state index in [0.717, 1.165) is 24.8 Å². The van der Waals surface area contributed by atoms with Crippen molar-refractivity contribution in [2.75, 3.05) is 6.54 Å². The highest BCUT2D eigenvalue weighted by Crippen LogP contribution is 2.44. The Kier molecular flexibility index (Phi) is 5.95. The molecule has 0 aliphatic carbocycles. The van der Waals surface area contributed by atoms with Crippen molar-refractivity contribution in [1.29, 1.82) is 0 Å². The summed E-state index contributed by atoms with van der Waals surface area (Å²) >= 11 is 0. The molecule has 1 amide bonds. The Bertz CT molecular complexity index is 926. The van der Waals surface area contributed by atoms with E-state index in [9.17, 15) is 9.59 Å². The lowest BCUT2D eigenvalue weighted by molar-refractivity contribution is 0.0695. The molecule has 0 aromatic heterocycles. The lowest BCUT2D eigenvalue weighted by Gasteiger charge is -2.26. The van der Waals surface area contributed by atoms with Gasteiger partial charge in [-0.1, -0.05) is 30.3 Å². The highest BCUT2D eigenvalue weighted by atomic mass is 16.5. The zero-order valence-electron chi connectivity index (χ0n) is 17.0. The van der Waals surface area contributed by atoms with E-state index in [1.807, 2.05) is 43.5 Å². The maximum Gasteiger partial charge on any atom is 0.335 e. The molecular formula is C24H26N2O4. The number of amides is 1. The highest BCUT2D eigenvalue weighted by molar-refractivity contribution is 5.94. The zero-order chi connectivity index (χ0) is 21.1. The molecule has 4 atom stereocenters. The van der Waals surface area contributed by atoms with Gasteiger partial charge in [0, 0.05) is 24.2 Å². The van der Waals surface area contributed by atoms with Crippen molar-refractivity contribution in [3.05, 3.63) is 71.3 Å². The van der Waals surface area contributed by atoms with Crippen LogP contribution in [0.1, 0.15) is 46.0 Å². The SMILES string of the molecule is CCN(/N=C/C1C2CCC(O2)C1Cc1ccc(C(=O)O)cc1)C(=O)c1ccccc1. The smallest absolute Gasteiger partial charge is 0.335 e. The number of hydrogen-bond donors (Lipinski definition) is 1. The van der Waals surface area contributed by atoms with Crippen LogP contribution in [0.5, 0.6) is 0 Å². The summed E-state index contributed by atoms with van der Waals surface area (Å²) in [4.78, 5) is 23.8. The van der Waals surface area contributed by atoms with Gasteiger partial charge in [-0.25, -0.2) is 9.80 Å². The van der Waals surface area contributed by atoms with E-state index in [1.165, 1.54) is 5.01 Å². The fraction of sp³-hybridized carbons (Fsp3) is 0.375. The zero-order valence-corrected chi connectivity index (χ0v) is 17.0. The van der Waals surface area contributed by atoms with Crippen molar-refractivity contribution < 1.29 is 19.4 Å². The summed E-state index contributed by atoms with van der Waals surface area (Å²) in [5.41, 5.74) is 2.00. The van der Waals surface area contributed by atoms with Gasteiger partial charge in [-0.05, 0) is 61.9 Å². The molecule has 6 nitrogen and oxygen atoms in total. The number of fused-ring (bicyclic) bond motifs is 2. The van der Waals surface area contributed by atoms with Crippen molar-refractivity contribution >= 4 is 18.1 Å². The Morgan fingerprint density at radius 2 is 1.77 bits per heavy atom. The van der Waals surface area contributed by atoms with E-state index in [4.69, 9.17) is 9.84 Å². The molecule has 2 bridgehead atoms. The van der Waals surface area contributed by atoms with Crippen LogP contribution in [0.15, 0.2) is 59.7 Å². The van der Waals surface area contributed by atoms with Gasteiger partial charge in [-0.2, -0.15) is 5.10 Å². The van der Waals surface area contributed by atoms with E-state index < -0.39 is 5.97 Å². The third-order valence-corrected chi connectivity index (χ3v) is 6.09. The molecule has 0 saturated carbocycles. The van der Waals surface area contributed by atoms with Gasteiger partial charge in [0.15, 0.2) is 0 Å². The third kappa shape index (κ3) is 4.14. The van der Waals surface area contributed by atoms with Crippen LogP contribution in [0.4, 0.5) is 0 Å². The van der Waals surface area contributed by atoms with E-state index in [0.29, 0.717) is 17.7 Å². The molecule has 156 valence electrons. The van der Waals surface area contributed by atoms with Gasteiger partial charge in [0.05, 0.1) is 17.8 Å². The molecule has 2 aromatic rings. The number of benzene rings is 2. The van der Waals surface area contributed by atoms with Gasteiger partial charge in [0.25, 0.3) is 5.91 Å². The Morgan fingerprint density at radius 1 is 1.07 bits per heavy atom. The molecule has 4 unspecified atom stereocenters. The number of carboxylic acid groups (broad SMARTS) is 1. The van der Waals surface area contributed by atoms with Crippen molar-refractivity contribution in [2.24, 2.45) is 16.9 Å². The summed E-state index contributed by atoms with van der Waals surface area (Å²) < 4.78 is 6.15. The number of aromatic carboxylic acids is 1. The van der Waals surface area contributed by atoms with Crippen LogP contribution in [-0.4, -0.2) is 47.0 Å². The standard InChI is InChI=1S/C24H26N2O4/c1-2-26(23(27)17-6-4-3-5-7-17)25-15-20-19(21-12-13-22(20)30-21)14-16-8-10-18(11-9-16)24(28)29/h3-11,15,19-22H,2,12-14H2,1H3,(H,28,29)/b25-15+. The largest absolute Gasteiger partial charge is 0.478 e. The minimum absolute atomic E-state index is 0.112. The Balaban J connectivity index is 1.48. The summed E-state index contributed by atoms with van der Waals surface area (Å²) in [5.74, 6) is -0.619. The molecule has 2 fully saturated rings. The Morgan fingerprint density at radius 3 is 2.43 bits per heavy atom. The summed E-state index contributed by atoms with van der Waals surface area (Å²) in [7, 11) is 0. The maximum absolute atomic E-state index is 12.7. The number of carboxylic acids is 1. The monoisotopic (exact) mass is 406 g/mol. The topological polar surface area (TPSA) is 79.2 Å². The number of hydrogen-bond acceptors (Lipinski definition) is 4. The molecule has 0 spiro atoms. The fourth-order valence-electron chi connectivity index (χ4n) is 4.51. The third-order valence-electron chi connectivity index (χ3n) is 6.09. The number of carbonyl (C=O) groups is 2. The predicted molar refractivity (Wildman–Crippen MR) is 114 cm³/mol. The molecule has 2 heterocycles. The summed E-state index contributed by atoms with van der Waals surface area (Å²) in [6, 6.07) is 16.2. The van der Waals surface area contributed by atoms with Gasteiger partial charge in [0.1, 0.15) is 0 Å². The van der Waals surface area contributed by atoms with Crippen LogP contribution in [0.25, 0.3) is 0 Å². The average Bonchev–Trinajstić information content (AvgIpc) is 3.37. The minimum Gasteiger partial charge on any atom is -0.478 e. The van der Waals surface area contributed by atoms with E-state index in [1.54, 1.807) is 24.3 Å². The molecule has 2 saturated heterocycles. The molecule has 2 aromatic carbocycles. The second kappa shape index (κ2) is 8.79. The Labute approximate surface area is 176 Å². The number of hydrazone groups is 1. The van der Waals surface area contributed by atoms with Crippen molar-refractivity contribution in [2.45, 2.75) is 38.4 Å². The Hall–Kier alpha value is -2.99. The lowest BCUT2D eigenvalue weighted by atomic mass is 9.77. The fourth-order valence-corrected chi connectivity index (χ4v) is 4.51. The molecule has 1 N–H and O–H groups in total. The van der Waals surface area contributed by atoms with Gasteiger partial charge in [0.2, 0.25) is 0 Å². The second-order valence-corrected chi connectivity index (χ2v) is 7.89. The van der Waals surface area contributed by atoms with Crippen molar-refractivity contribution in [3.63, 3.8) is 0 Å². The highest BCUT2D eigenvalue weighted by Gasteiger charge is 2.48. The maximum atomic E-state index is 12.7. The molecule has 6 heteroatoms. The van der Waals surface area contributed by atoms with Gasteiger partial charge in [-0.3, -0.25) is 4.79 Å². The van der Waals surface area contributed by atoms with Crippen LogP contribution in [0.3, 0.4) is 0 Å². The van der Waals surface area contributed by atoms with Crippen molar-refractivity contribution in [3.8, 4) is 0 Å². The average molecular weight is 406 g/mol. The van der Waals surface area contributed by atoms with Crippen LogP contribution < -0.4 is 0 Å². The molecule has 30 heavy (non-hydrogen) atoms. The molecule has 0 radical (unpaired) electrons. The van der Waals surface area contributed by atoms with Crippen LogP contribution in [0, 0.1) is 11.8 Å². The van der Waals surface area contributed by atoms with Crippen molar-refractivity contribution in [1.82, 2.24) is 5.01 Å². The minimum atomic E-state index is -0.919. The summed E-state index contributed by atoms with van der Waals surface area (Å²) in [6.45, 7) is 2.41. The summed E-state index contributed by atoms with van der Waals surface area (Å²) in [5, 5.41) is 15.1. The van der Waals surface area contributed by atoms with Crippen LogP contribution in [0.2, 0.25) is 0 Å². The first kappa shape index (κ1) is 20.3. The van der Waals surface area contributed by atoms with Crippen LogP contribution in [-0.2, 0) is 11.2 Å². The number of ether oxygens (including phenoxy) is 1. The number of carbonyl (C=O) groups excluding carboxylic acids is 1. The number of rotatable bonds is 7. The first-order chi connectivity index (χ1) is 14.6. The molecule has 4 rings (SSSR count). The predicted octanol–water partition coefficient (Wildman–Crippen LogP) is 3.87. The van der Waals surface area contributed by atoms with E-state index in [-0.39, 0.29) is 30.0 Å². The normalized spacial score (nSPS) is 25.0. The van der Waals surface area contributed by atoms with Gasteiger partial charge in [-0.15, -0.1) is 0 Å². The number of nitrogens with zero attached hydrogens (tertiary/aromatic N) is 2. The lowest BCUT2D eigenvalue weighted by Crippen LogP contribution is -2.32. The van der Waals surface area contributed by atoms with E-state index >= 15 is 0 Å². The first-order valence-corrected chi connectivity index (χ1v) is 10.5. The molecule has 2 aliphatic heterocycles. The van der Waals surface area contributed by atoms with Crippen LogP contribution >= 0.6 is 0 Å². The molecular weight excluding hydrogens is 380 g/mol. The van der Waals surface area contributed by atoms with E-state index in [2.05, 4.69) is 5.10 Å². The first-order valence-electron chi connectivity index (χ1n) is 10.5. The van der Waals surface area contributed by atoms with Gasteiger partial charge < -0.3 is 9.84 Å². The summed E-state index contributed by atoms with van der Waals surface area (Å²) in [6.07, 6.45) is 5.06. The second-order valence-electron chi connectivity index (χ2n) is 7.89.